The molecular weight excluding hydrogens is 278 g/mol. The maximum absolute atomic E-state index is 4.00. The highest BCUT2D eigenvalue weighted by atomic mass is 14.8. The first-order chi connectivity index (χ1) is 11.3. The van der Waals surface area contributed by atoms with Crippen LogP contribution < -0.4 is 5.32 Å². The van der Waals surface area contributed by atoms with Crippen LogP contribution in [0, 0.1) is 12.8 Å². The van der Waals surface area contributed by atoms with E-state index in [9.17, 15) is 0 Å². The van der Waals surface area contributed by atoms with Gasteiger partial charge < -0.3 is 5.32 Å². The first-order valence-electron chi connectivity index (χ1n) is 8.30. The van der Waals surface area contributed by atoms with Gasteiger partial charge in [0.05, 0.1) is 0 Å². The molecule has 0 fully saturated rings. The Balaban J connectivity index is 0.00000232. The zero-order valence-electron chi connectivity index (χ0n) is 14.7. The van der Waals surface area contributed by atoms with Crippen molar-refractivity contribution in [3.8, 4) is 12.8 Å². The number of nitrogens with one attached hydrogen (secondary N) is 1. The van der Waals surface area contributed by atoms with E-state index in [1.807, 2.05) is 13.1 Å². The average Bonchev–Trinajstić information content (AvgIpc) is 2.60. The largest absolute Gasteiger partial charge is 0.319 e. The van der Waals surface area contributed by atoms with E-state index in [1.54, 1.807) is 0 Å². The molecule has 0 heterocycles. The Hall–Kier alpha value is -2.04. The van der Waals surface area contributed by atoms with Crippen LogP contribution in [0.25, 0.3) is 5.57 Å². The highest BCUT2D eigenvalue weighted by Gasteiger charge is 2.05. The lowest BCUT2D eigenvalue weighted by molar-refractivity contribution is 0.807. The minimum absolute atomic E-state index is 0.940. The predicted molar refractivity (Wildman–Crippen MR) is 105 cm³/mol. The average molecular weight is 309 g/mol. The van der Waals surface area contributed by atoms with Gasteiger partial charge in [0.15, 0.2) is 0 Å². The molecule has 1 rings (SSSR count). The summed E-state index contributed by atoms with van der Waals surface area (Å²) in [7, 11) is 2.00. The Kier molecular flexibility index (Phi) is 13.6. The number of allylic oxidation sites excluding steroid dienone is 4. The van der Waals surface area contributed by atoms with Crippen LogP contribution in [0.5, 0.6) is 0 Å². The molecule has 1 aromatic carbocycles. The monoisotopic (exact) mass is 309 g/mol. The van der Waals surface area contributed by atoms with Crippen LogP contribution in [0.4, 0.5) is 0 Å². The topological polar surface area (TPSA) is 12.0 Å². The second-order valence-corrected chi connectivity index (χ2v) is 5.23. The zero-order chi connectivity index (χ0) is 17.3. The molecule has 0 saturated heterocycles. The molecule has 0 aromatic heterocycles. The molecule has 0 amide bonds. The zero-order valence-corrected chi connectivity index (χ0v) is 14.7. The normalized spacial score (nSPS) is 11.0. The molecule has 1 aromatic rings. The Morgan fingerprint density at radius 2 is 1.96 bits per heavy atom. The lowest BCUT2D eigenvalue weighted by atomic mass is 9.93. The number of rotatable bonds is 10. The fraction of sp³-hybridized carbons (Fsp3) is 0.364. The van der Waals surface area contributed by atoms with Gasteiger partial charge in [0, 0.05) is 0 Å². The summed E-state index contributed by atoms with van der Waals surface area (Å²) >= 11 is 0. The summed E-state index contributed by atoms with van der Waals surface area (Å²) in [5, 5.41) is 3.20. The molecule has 0 atom stereocenters. The van der Waals surface area contributed by atoms with Gasteiger partial charge >= 0.3 is 0 Å². The molecule has 1 N–H and O–H groups in total. The van der Waals surface area contributed by atoms with Crippen molar-refractivity contribution in [2.45, 2.75) is 39.0 Å². The summed E-state index contributed by atoms with van der Waals surface area (Å²) < 4.78 is 0. The molecule has 1 heteroatoms. The van der Waals surface area contributed by atoms with E-state index in [-0.39, 0.29) is 0 Å². The van der Waals surface area contributed by atoms with E-state index < -0.39 is 0 Å². The highest BCUT2D eigenvalue weighted by Crippen LogP contribution is 2.24. The second kappa shape index (κ2) is 14.9. The summed E-state index contributed by atoms with van der Waals surface area (Å²) in [6.45, 7) is 7.01. The van der Waals surface area contributed by atoms with Crippen LogP contribution in [-0.4, -0.2) is 13.6 Å². The standard InChI is InChI=1S/C20H29N.C2H2/c1-4-6-7-8-13-19-14-9-10-16-20(19)18(12-5-2)15-11-17-21-3;1-2/h4-6,9-10,14-16,21H,2,7-8,11-13,17H2,1,3H3;1-2H/b6-4-,18-15-;. The van der Waals surface area contributed by atoms with Crippen molar-refractivity contribution in [2.24, 2.45) is 0 Å². The van der Waals surface area contributed by atoms with E-state index in [4.69, 9.17) is 0 Å². The Morgan fingerprint density at radius 1 is 1.22 bits per heavy atom. The quantitative estimate of drug-likeness (QED) is 0.346. The van der Waals surface area contributed by atoms with Crippen molar-refractivity contribution >= 4 is 5.57 Å². The van der Waals surface area contributed by atoms with Crippen LogP contribution in [0.3, 0.4) is 0 Å². The Labute approximate surface area is 143 Å². The van der Waals surface area contributed by atoms with Crippen LogP contribution in [0.1, 0.15) is 43.7 Å². The van der Waals surface area contributed by atoms with Crippen molar-refractivity contribution in [3.63, 3.8) is 0 Å². The summed E-state index contributed by atoms with van der Waals surface area (Å²) in [4.78, 5) is 0. The van der Waals surface area contributed by atoms with Gasteiger partial charge in [-0.05, 0) is 69.3 Å². The fourth-order valence-electron chi connectivity index (χ4n) is 2.48. The number of hydrogen-bond acceptors (Lipinski definition) is 1. The minimum Gasteiger partial charge on any atom is -0.319 e. The van der Waals surface area contributed by atoms with E-state index in [0.29, 0.717) is 0 Å². The third-order valence-electron chi connectivity index (χ3n) is 3.57. The van der Waals surface area contributed by atoms with Gasteiger partial charge in [-0.25, -0.2) is 0 Å². The molecule has 0 saturated carbocycles. The molecule has 0 aliphatic rings. The van der Waals surface area contributed by atoms with E-state index in [2.05, 4.69) is 74.2 Å². The lowest BCUT2D eigenvalue weighted by Gasteiger charge is -2.12. The van der Waals surface area contributed by atoms with Gasteiger partial charge in [0.2, 0.25) is 0 Å². The Morgan fingerprint density at radius 3 is 2.61 bits per heavy atom. The van der Waals surface area contributed by atoms with Gasteiger partial charge in [-0.3, -0.25) is 0 Å². The van der Waals surface area contributed by atoms with Crippen LogP contribution >= 0.6 is 0 Å². The first-order valence-corrected chi connectivity index (χ1v) is 8.30. The van der Waals surface area contributed by atoms with Crippen LogP contribution in [-0.2, 0) is 6.42 Å². The number of hydrogen-bond donors (Lipinski definition) is 1. The molecule has 0 radical (unpaired) electrons. The molecule has 124 valence electrons. The van der Waals surface area contributed by atoms with E-state index in [0.717, 1.165) is 32.2 Å². The maximum Gasteiger partial charge on any atom is -0.00171 e. The smallest absolute Gasteiger partial charge is 0.00171 e. The number of aryl methyl sites for hydroxylation is 1. The van der Waals surface area contributed by atoms with Gasteiger partial charge in [-0.15, -0.1) is 19.4 Å². The SMILES string of the molecule is C#C.C=CC/C(=C/CCNC)c1ccccc1CCC/C=C\C. The summed E-state index contributed by atoms with van der Waals surface area (Å²) in [6, 6.07) is 8.80. The molecule has 23 heavy (non-hydrogen) atoms. The molecule has 0 aliphatic carbocycles. The summed E-state index contributed by atoms with van der Waals surface area (Å²) in [6.07, 6.45) is 22.2. The molecule has 0 spiro atoms. The van der Waals surface area contributed by atoms with E-state index in [1.165, 1.54) is 23.1 Å². The van der Waals surface area contributed by atoms with Gasteiger partial charge in [0.25, 0.3) is 0 Å². The Bertz CT molecular complexity index is 506. The maximum atomic E-state index is 4.00. The van der Waals surface area contributed by atoms with Crippen molar-refractivity contribution < 1.29 is 0 Å². The number of unbranched alkanes of at least 4 members (excludes halogenated alkanes) is 1. The number of benzene rings is 1. The third-order valence-corrected chi connectivity index (χ3v) is 3.57. The fourth-order valence-corrected chi connectivity index (χ4v) is 2.48. The van der Waals surface area contributed by atoms with Crippen molar-refractivity contribution in [1.29, 1.82) is 0 Å². The van der Waals surface area contributed by atoms with E-state index >= 15 is 0 Å². The molecule has 0 unspecified atom stereocenters. The predicted octanol–water partition coefficient (Wildman–Crippen LogP) is 5.40. The number of terminal acetylenes is 1. The highest BCUT2D eigenvalue weighted by molar-refractivity contribution is 5.69. The van der Waals surface area contributed by atoms with Gasteiger partial charge in [0.1, 0.15) is 0 Å². The van der Waals surface area contributed by atoms with Crippen LogP contribution in [0.2, 0.25) is 0 Å². The van der Waals surface area contributed by atoms with Gasteiger partial charge in [-0.2, -0.15) is 0 Å². The van der Waals surface area contributed by atoms with Crippen molar-refractivity contribution in [2.75, 3.05) is 13.6 Å². The lowest BCUT2D eigenvalue weighted by Crippen LogP contribution is -2.06. The summed E-state index contributed by atoms with van der Waals surface area (Å²) in [5.41, 5.74) is 4.26. The van der Waals surface area contributed by atoms with Crippen LogP contribution in [0.15, 0.2) is 55.1 Å². The van der Waals surface area contributed by atoms with Crippen molar-refractivity contribution in [1.82, 2.24) is 5.32 Å². The third kappa shape index (κ3) is 8.86. The molecular formula is C22H31N. The van der Waals surface area contributed by atoms with Crippen molar-refractivity contribution in [3.05, 3.63) is 66.3 Å². The molecule has 1 nitrogen and oxygen atoms in total. The summed E-state index contributed by atoms with van der Waals surface area (Å²) in [5.74, 6) is 0. The minimum atomic E-state index is 0.940. The first kappa shape index (κ1) is 21.0. The molecule has 0 bridgehead atoms. The van der Waals surface area contributed by atoms with Gasteiger partial charge in [-0.1, -0.05) is 48.6 Å². The molecule has 0 aliphatic heterocycles. The second-order valence-electron chi connectivity index (χ2n) is 5.23.